The van der Waals surface area contributed by atoms with Crippen LogP contribution in [-0.4, -0.2) is 12.6 Å². The lowest BCUT2D eigenvalue weighted by Crippen LogP contribution is -2.29. The van der Waals surface area contributed by atoms with E-state index in [0.29, 0.717) is 12.6 Å². The Morgan fingerprint density at radius 3 is 2.46 bits per heavy atom. The van der Waals surface area contributed by atoms with Gasteiger partial charge in [0.05, 0.1) is 6.54 Å². The molecule has 0 fully saturated rings. The number of rotatable bonds is 2. The molecule has 0 unspecified atom stereocenters. The number of terminal acetylenes is 1. The molecule has 0 aliphatic heterocycles. The molecule has 0 heterocycles. The first-order valence-corrected chi connectivity index (χ1v) is 4.64. The molecule has 0 spiro atoms. The van der Waals surface area contributed by atoms with Crippen molar-refractivity contribution in [3.05, 3.63) is 35.4 Å². The molecule has 2 rings (SSSR count). The average Bonchev–Trinajstić information content (AvgIpc) is 2.57. The molecule has 13 heavy (non-hydrogen) atoms. The smallest absolute Gasteiger partial charge is 0.0576 e. The Hall–Kier alpha value is -1.26. The minimum Gasteiger partial charge on any atom is -0.303 e. The normalized spacial score (nSPS) is 15.3. The highest BCUT2D eigenvalue weighted by Crippen LogP contribution is 2.21. The van der Waals surface area contributed by atoms with E-state index in [0.717, 1.165) is 12.8 Å². The molecule has 0 aromatic heterocycles. The third-order valence-electron chi connectivity index (χ3n) is 2.54. The molecular formula is C12H13N. The van der Waals surface area contributed by atoms with E-state index in [2.05, 4.69) is 35.5 Å². The predicted molar refractivity (Wildman–Crippen MR) is 54.5 cm³/mol. The summed E-state index contributed by atoms with van der Waals surface area (Å²) < 4.78 is 0. The van der Waals surface area contributed by atoms with E-state index in [4.69, 9.17) is 6.42 Å². The van der Waals surface area contributed by atoms with Gasteiger partial charge in [0, 0.05) is 6.04 Å². The van der Waals surface area contributed by atoms with Gasteiger partial charge >= 0.3 is 0 Å². The number of benzene rings is 1. The fourth-order valence-corrected chi connectivity index (χ4v) is 1.91. The van der Waals surface area contributed by atoms with Gasteiger partial charge in [-0.3, -0.25) is 0 Å². The van der Waals surface area contributed by atoms with Gasteiger partial charge in [-0.25, -0.2) is 0 Å². The lowest BCUT2D eigenvalue weighted by molar-refractivity contribution is 0.571. The third kappa shape index (κ3) is 1.74. The van der Waals surface area contributed by atoms with E-state index >= 15 is 0 Å². The molecule has 0 atom stereocenters. The fraction of sp³-hybridized carbons (Fsp3) is 0.333. The summed E-state index contributed by atoms with van der Waals surface area (Å²) in [5.74, 6) is 2.61. The molecule has 0 bridgehead atoms. The fourth-order valence-electron chi connectivity index (χ4n) is 1.91. The first kappa shape index (κ1) is 8.34. The molecule has 1 aromatic carbocycles. The van der Waals surface area contributed by atoms with Crippen molar-refractivity contribution in [1.82, 2.24) is 5.32 Å². The Kier molecular flexibility index (Phi) is 2.33. The van der Waals surface area contributed by atoms with Crippen LogP contribution in [0, 0.1) is 12.3 Å². The standard InChI is InChI=1S/C12H13N/c1-2-7-13-12-8-10-5-3-4-6-11(10)9-12/h1,3-6,12-13H,7-9H2. The second-order valence-corrected chi connectivity index (χ2v) is 3.46. The van der Waals surface area contributed by atoms with Gasteiger partial charge in [-0.2, -0.15) is 0 Å². The molecule has 1 aromatic rings. The molecule has 1 aliphatic carbocycles. The highest BCUT2D eigenvalue weighted by Gasteiger charge is 2.19. The van der Waals surface area contributed by atoms with Crippen molar-refractivity contribution in [3.8, 4) is 12.3 Å². The molecule has 1 nitrogen and oxygen atoms in total. The Morgan fingerprint density at radius 2 is 1.92 bits per heavy atom. The van der Waals surface area contributed by atoms with Crippen LogP contribution in [-0.2, 0) is 12.8 Å². The highest BCUT2D eigenvalue weighted by molar-refractivity contribution is 5.33. The van der Waals surface area contributed by atoms with Crippen LogP contribution in [0.15, 0.2) is 24.3 Å². The summed E-state index contributed by atoms with van der Waals surface area (Å²) in [7, 11) is 0. The molecule has 0 radical (unpaired) electrons. The maximum atomic E-state index is 5.20. The summed E-state index contributed by atoms with van der Waals surface area (Å²) in [5.41, 5.74) is 2.94. The van der Waals surface area contributed by atoms with Gasteiger partial charge in [0.25, 0.3) is 0 Å². The van der Waals surface area contributed by atoms with Crippen LogP contribution in [0.1, 0.15) is 11.1 Å². The highest BCUT2D eigenvalue weighted by atomic mass is 14.9. The van der Waals surface area contributed by atoms with Crippen LogP contribution < -0.4 is 5.32 Å². The van der Waals surface area contributed by atoms with Crippen molar-refractivity contribution in [2.45, 2.75) is 18.9 Å². The van der Waals surface area contributed by atoms with Gasteiger partial charge < -0.3 is 5.32 Å². The van der Waals surface area contributed by atoms with Crippen LogP contribution in [0.3, 0.4) is 0 Å². The van der Waals surface area contributed by atoms with Gasteiger partial charge in [-0.05, 0) is 24.0 Å². The molecule has 0 amide bonds. The first-order valence-electron chi connectivity index (χ1n) is 4.64. The largest absolute Gasteiger partial charge is 0.303 e. The Morgan fingerprint density at radius 1 is 1.31 bits per heavy atom. The second-order valence-electron chi connectivity index (χ2n) is 3.46. The van der Waals surface area contributed by atoms with Crippen molar-refractivity contribution < 1.29 is 0 Å². The van der Waals surface area contributed by atoms with Gasteiger partial charge in [-0.1, -0.05) is 30.2 Å². The zero-order valence-corrected chi connectivity index (χ0v) is 7.59. The molecule has 1 aliphatic rings. The minimum atomic E-state index is 0.549. The van der Waals surface area contributed by atoms with Crippen LogP contribution in [0.2, 0.25) is 0 Å². The van der Waals surface area contributed by atoms with Crippen LogP contribution in [0.25, 0.3) is 0 Å². The average molecular weight is 171 g/mol. The number of fused-ring (bicyclic) bond motifs is 1. The van der Waals surface area contributed by atoms with Crippen molar-refractivity contribution in [3.63, 3.8) is 0 Å². The maximum Gasteiger partial charge on any atom is 0.0576 e. The van der Waals surface area contributed by atoms with Crippen molar-refractivity contribution in [2.24, 2.45) is 0 Å². The van der Waals surface area contributed by atoms with Crippen molar-refractivity contribution in [1.29, 1.82) is 0 Å². The van der Waals surface area contributed by atoms with E-state index in [1.807, 2.05) is 0 Å². The van der Waals surface area contributed by atoms with Gasteiger partial charge in [-0.15, -0.1) is 6.42 Å². The number of hydrogen-bond acceptors (Lipinski definition) is 1. The van der Waals surface area contributed by atoms with E-state index in [9.17, 15) is 0 Å². The summed E-state index contributed by atoms with van der Waals surface area (Å²) in [6, 6.07) is 9.15. The van der Waals surface area contributed by atoms with E-state index < -0.39 is 0 Å². The molecule has 66 valence electrons. The summed E-state index contributed by atoms with van der Waals surface area (Å²) in [5, 5.41) is 3.34. The molecular weight excluding hydrogens is 158 g/mol. The zero-order chi connectivity index (χ0) is 9.10. The Bertz CT molecular complexity index is 310. The van der Waals surface area contributed by atoms with Gasteiger partial charge in [0.1, 0.15) is 0 Å². The molecule has 0 saturated heterocycles. The lowest BCUT2D eigenvalue weighted by atomic mass is 10.1. The van der Waals surface area contributed by atoms with Gasteiger partial charge in [0.2, 0.25) is 0 Å². The third-order valence-corrected chi connectivity index (χ3v) is 2.54. The molecule has 1 heteroatoms. The SMILES string of the molecule is C#CCNC1Cc2ccccc2C1. The zero-order valence-electron chi connectivity index (χ0n) is 7.59. The lowest BCUT2D eigenvalue weighted by Gasteiger charge is -2.07. The minimum absolute atomic E-state index is 0.549. The number of hydrogen-bond donors (Lipinski definition) is 1. The Labute approximate surface area is 79.2 Å². The van der Waals surface area contributed by atoms with Crippen molar-refractivity contribution >= 4 is 0 Å². The van der Waals surface area contributed by atoms with E-state index in [1.54, 1.807) is 0 Å². The molecule has 0 saturated carbocycles. The van der Waals surface area contributed by atoms with E-state index in [-0.39, 0.29) is 0 Å². The van der Waals surface area contributed by atoms with Crippen molar-refractivity contribution in [2.75, 3.05) is 6.54 Å². The summed E-state index contributed by atoms with van der Waals surface area (Å²) in [6.45, 7) is 0.679. The monoisotopic (exact) mass is 171 g/mol. The first-order chi connectivity index (χ1) is 6.40. The number of nitrogens with one attached hydrogen (secondary N) is 1. The van der Waals surface area contributed by atoms with E-state index in [1.165, 1.54) is 11.1 Å². The summed E-state index contributed by atoms with van der Waals surface area (Å²) in [6.07, 6.45) is 7.44. The molecule has 1 N–H and O–H groups in total. The quantitative estimate of drug-likeness (QED) is 0.663. The maximum absolute atomic E-state index is 5.20. The predicted octanol–water partition coefficient (Wildman–Crippen LogP) is 1.38. The Balaban J connectivity index is 2.02. The van der Waals surface area contributed by atoms with Crippen LogP contribution in [0.5, 0.6) is 0 Å². The summed E-state index contributed by atoms with van der Waals surface area (Å²) >= 11 is 0. The van der Waals surface area contributed by atoms with Crippen LogP contribution >= 0.6 is 0 Å². The topological polar surface area (TPSA) is 12.0 Å². The van der Waals surface area contributed by atoms with Crippen LogP contribution in [0.4, 0.5) is 0 Å². The second kappa shape index (κ2) is 3.64. The summed E-state index contributed by atoms with van der Waals surface area (Å²) in [4.78, 5) is 0. The van der Waals surface area contributed by atoms with Gasteiger partial charge in [0.15, 0.2) is 0 Å².